The van der Waals surface area contributed by atoms with E-state index in [-0.39, 0.29) is 18.9 Å². The molecule has 1 aliphatic rings. The number of aliphatic carboxylic acids is 1. The molecule has 0 unspecified atom stereocenters. The first-order valence-corrected chi connectivity index (χ1v) is 7.26. The number of methoxy groups -OCH3 is 3. The van der Waals surface area contributed by atoms with Crippen molar-refractivity contribution in [1.29, 1.82) is 0 Å². The van der Waals surface area contributed by atoms with Gasteiger partial charge in [0.2, 0.25) is 5.91 Å². The molecule has 1 aromatic carbocycles. The molecule has 23 heavy (non-hydrogen) atoms. The van der Waals surface area contributed by atoms with E-state index in [1.54, 1.807) is 18.1 Å². The van der Waals surface area contributed by atoms with E-state index < -0.39 is 12.0 Å². The molecule has 0 bridgehead atoms. The summed E-state index contributed by atoms with van der Waals surface area (Å²) in [7, 11) is 4.51. The van der Waals surface area contributed by atoms with Gasteiger partial charge in [0.25, 0.3) is 0 Å². The minimum atomic E-state index is -0.965. The molecule has 0 aromatic heterocycles. The molecule has 0 spiro atoms. The number of carboxylic acids is 1. The summed E-state index contributed by atoms with van der Waals surface area (Å²) in [6, 6.07) is 3.06. The number of carbonyl (C=O) groups is 2. The lowest BCUT2D eigenvalue weighted by molar-refractivity contribution is -0.143. The average molecular weight is 323 g/mol. The summed E-state index contributed by atoms with van der Waals surface area (Å²) in [5.74, 6) is -0.0771. The van der Waals surface area contributed by atoms with Crippen LogP contribution in [-0.2, 0) is 20.7 Å². The number of benzene rings is 1. The van der Waals surface area contributed by atoms with Crippen molar-refractivity contribution in [2.45, 2.75) is 18.9 Å². The maximum atomic E-state index is 12.2. The first-order chi connectivity index (χ1) is 11.0. The molecule has 0 fully saturated rings. The van der Waals surface area contributed by atoms with Crippen LogP contribution in [0.25, 0.3) is 0 Å². The van der Waals surface area contributed by atoms with Crippen molar-refractivity contribution in [3.05, 3.63) is 23.3 Å². The first-order valence-electron chi connectivity index (χ1n) is 7.26. The van der Waals surface area contributed by atoms with Gasteiger partial charge >= 0.3 is 5.97 Å². The predicted molar refractivity (Wildman–Crippen MR) is 81.8 cm³/mol. The Morgan fingerprint density at radius 3 is 2.43 bits per heavy atom. The highest BCUT2D eigenvalue weighted by Crippen LogP contribution is 2.39. The number of hydrogen-bond donors (Lipinski definition) is 1. The van der Waals surface area contributed by atoms with Gasteiger partial charge < -0.3 is 24.2 Å². The van der Waals surface area contributed by atoms with Gasteiger partial charge in [-0.2, -0.15) is 0 Å². The zero-order chi connectivity index (χ0) is 17.0. The van der Waals surface area contributed by atoms with Gasteiger partial charge in [-0.15, -0.1) is 0 Å². The number of hydrogen-bond acceptors (Lipinski definition) is 5. The van der Waals surface area contributed by atoms with Gasteiger partial charge in [-0.25, -0.2) is 0 Å². The zero-order valence-electron chi connectivity index (χ0n) is 13.5. The second kappa shape index (κ2) is 7.32. The van der Waals surface area contributed by atoms with Crippen molar-refractivity contribution in [3.63, 3.8) is 0 Å². The van der Waals surface area contributed by atoms with Crippen LogP contribution in [0, 0.1) is 0 Å². The third-order valence-electron chi connectivity index (χ3n) is 3.96. The van der Waals surface area contributed by atoms with E-state index in [9.17, 15) is 14.7 Å². The molecule has 7 heteroatoms. The fourth-order valence-electron chi connectivity index (χ4n) is 2.92. The van der Waals surface area contributed by atoms with Crippen LogP contribution < -0.4 is 9.47 Å². The normalized spacial score (nSPS) is 16.7. The second-order valence-electron chi connectivity index (χ2n) is 5.29. The van der Waals surface area contributed by atoms with Crippen LogP contribution in [0.5, 0.6) is 11.5 Å². The van der Waals surface area contributed by atoms with Crippen molar-refractivity contribution in [3.8, 4) is 11.5 Å². The Kier molecular flexibility index (Phi) is 5.44. The van der Waals surface area contributed by atoms with E-state index in [0.29, 0.717) is 24.5 Å². The van der Waals surface area contributed by atoms with Crippen LogP contribution in [0.15, 0.2) is 12.1 Å². The van der Waals surface area contributed by atoms with Crippen molar-refractivity contribution in [1.82, 2.24) is 4.90 Å². The SMILES string of the molecule is COCC(=O)N1CCc2cc(OC)c(OC)cc2[C@@H]1CC(=O)O. The lowest BCUT2D eigenvalue weighted by Crippen LogP contribution is -2.42. The van der Waals surface area contributed by atoms with Gasteiger partial charge in [-0.1, -0.05) is 0 Å². The molecule has 1 amide bonds. The minimum Gasteiger partial charge on any atom is -0.493 e. The number of nitrogens with zero attached hydrogens (tertiary/aromatic N) is 1. The Morgan fingerprint density at radius 1 is 1.22 bits per heavy atom. The third kappa shape index (κ3) is 3.56. The quantitative estimate of drug-likeness (QED) is 0.848. The second-order valence-corrected chi connectivity index (χ2v) is 5.29. The van der Waals surface area contributed by atoms with E-state index in [4.69, 9.17) is 14.2 Å². The van der Waals surface area contributed by atoms with Gasteiger partial charge in [0.1, 0.15) is 6.61 Å². The maximum Gasteiger partial charge on any atom is 0.305 e. The number of carbonyl (C=O) groups excluding carboxylic acids is 1. The summed E-state index contributed by atoms with van der Waals surface area (Å²) in [5, 5.41) is 9.22. The molecule has 1 heterocycles. The molecular weight excluding hydrogens is 302 g/mol. The van der Waals surface area contributed by atoms with Crippen LogP contribution in [0.2, 0.25) is 0 Å². The highest BCUT2D eigenvalue weighted by molar-refractivity contribution is 5.79. The molecule has 0 radical (unpaired) electrons. The van der Waals surface area contributed by atoms with Gasteiger partial charge in [0.05, 0.1) is 26.7 Å². The molecule has 1 N–H and O–H groups in total. The Hall–Kier alpha value is -2.28. The topological polar surface area (TPSA) is 85.3 Å². The predicted octanol–water partition coefficient (Wildman–Crippen LogP) is 1.25. The number of carboxylic acid groups (broad SMARTS) is 1. The smallest absolute Gasteiger partial charge is 0.305 e. The Morgan fingerprint density at radius 2 is 1.87 bits per heavy atom. The van der Waals surface area contributed by atoms with Crippen LogP contribution in [0.1, 0.15) is 23.6 Å². The molecule has 0 saturated heterocycles. The van der Waals surface area contributed by atoms with Crippen LogP contribution in [0.3, 0.4) is 0 Å². The van der Waals surface area contributed by atoms with Crippen molar-refractivity contribution < 1.29 is 28.9 Å². The molecular formula is C16H21NO6. The number of ether oxygens (including phenoxy) is 3. The van der Waals surface area contributed by atoms with E-state index in [1.165, 1.54) is 14.2 Å². The molecule has 0 saturated carbocycles. The Bertz CT molecular complexity index is 600. The van der Waals surface area contributed by atoms with Crippen molar-refractivity contribution in [2.24, 2.45) is 0 Å². The summed E-state index contributed by atoms with van der Waals surface area (Å²) in [6.07, 6.45) is 0.458. The average Bonchev–Trinajstić information content (AvgIpc) is 2.53. The molecule has 126 valence electrons. The van der Waals surface area contributed by atoms with Gasteiger partial charge in [-0.3, -0.25) is 9.59 Å². The summed E-state index contributed by atoms with van der Waals surface area (Å²) in [4.78, 5) is 25.0. The minimum absolute atomic E-state index is 0.0707. The summed E-state index contributed by atoms with van der Waals surface area (Å²) >= 11 is 0. The number of rotatable bonds is 6. The van der Waals surface area contributed by atoms with Crippen LogP contribution >= 0.6 is 0 Å². The summed E-state index contributed by atoms with van der Waals surface area (Å²) in [5.41, 5.74) is 1.75. The monoisotopic (exact) mass is 323 g/mol. The molecule has 1 aliphatic heterocycles. The lowest BCUT2D eigenvalue weighted by Gasteiger charge is -2.37. The molecule has 7 nitrogen and oxygen atoms in total. The first kappa shape index (κ1) is 17.1. The number of fused-ring (bicyclic) bond motifs is 1. The van der Waals surface area contributed by atoms with Gasteiger partial charge in [0, 0.05) is 13.7 Å². The molecule has 2 rings (SSSR count). The molecule has 1 aromatic rings. The van der Waals surface area contributed by atoms with E-state index >= 15 is 0 Å². The summed E-state index contributed by atoms with van der Waals surface area (Å²) < 4.78 is 15.5. The fourth-order valence-corrected chi connectivity index (χ4v) is 2.92. The van der Waals surface area contributed by atoms with Crippen molar-refractivity contribution in [2.75, 3.05) is 34.5 Å². The van der Waals surface area contributed by atoms with Crippen LogP contribution in [0.4, 0.5) is 0 Å². The summed E-state index contributed by atoms with van der Waals surface area (Å²) in [6.45, 7) is 0.376. The van der Waals surface area contributed by atoms with Gasteiger partial charge in [0.15, 0.2) is 11.5 Å². The zero-order valence-corrected chi connectivity index (χ0v) is 13.5. The largest absolute Gasteiger partial charge is 0.493 e. The van der Waals surface area contributed by atoms with Crippen LogP contribution in [-0.4, -0.2) is 56.4 Å². The Balaban J connectivity index is 2.45. The van der Waals surface area contributed by atoms with E-state index in [1.807, 2.05) is 6.07 Å². The fraction of sp³-hybridized carbons (Fsp3) is 0.500. The molecule has 1 atom stereocenters. The lowest BCUT2D eigenvalue weighted by atomic mass is 9.90. The molecule has 0 aliphatic carbocycles. The standard InChI is InChI=1S/C16H21NO6/c1-21-9-15(18)17-5-4-10-6-13(22-2)14(23-3)7-11(10)12(17)8-16(19)20/h6-7,12H,4-5,8-9H2,1-3H3,(H,19,20)/t12-/m0/s1. The third-order valence-corrected chi connectivity index (χ3v) is 3.96. The van der Waals surface area contributed by atoms with E-state index in [2.05, 4.69) is 0 Å². The van der Waals surface area contributed by atoms with Gasteiger partial charge in [-0.05, 0) is 29.7 Å². The highest BCUT2D eigenvalue weighted by Gasteiger charge is 2.33. The van der Waals surface area contributed by atoms with Crippen molar-refractivity contribution >= 4 is 11.9 Å². The Labute approximate surface area is 134 Å². The maximum absolute atomic E-state index is 12.2. The van der Waals surface area contributed by atoms with E-state index in [0.717, 1.165) is 11.1 Å². The number of amides is 1. The highest BCUT2D eigenvalue weighted by atomic mass is 16.5.